The van der Waals surface area contributed by atoms with Gasteiger partial charge in [0.1, 0.15) is 7.05 Å². The molecule has 0 aliphatic carbocycles. The second-order valence-corrected chi connectivity index (χ2v) is 6.69. The lowest BCUT2D eigenvalue weighted by Crippen LogP contribution is -2.31. The van der Waals surface area contributed by atoms with Crippen molar-refractivity contribution < 1.29 is 15.5 Å². The Bertz CT molecular complexity index is 1210. The molecule has 0 radical (unpaired) electrons. The molecule has 0 unspecified atom stereocenters. The summed E-state index contributed by atoms with van der Waals surface area (Å²) in [6.45, 7) is 0.834. The Morgan fingerprint density at radius 3 is 2.27 bits per heavy atom. The third-order valence-corrected chi connectivity index (χ3v) is 4.70. The third-order valence-electron chi connectivity index (χ3n) is 4.70. The first-order valence-electron chi connectivity index (χ1n) is 12.8. The summed E-state index contributed by atoms with van der Waals surface area (Å²) in [5.74, 6) is 0. The summed E-state index contributed by atoms with van der Waals surface area (Å²) in [6, 6.07) is 12.3. The van der Waals surface area contributed by atoms with Crippen molar-refractivity contribution in [1.82, 2.24) is 0 Å². The first-order chi connectivity index (χ1) is 15.6. The van der Waals surface area contributed by atoms with Crippen LogP contribution in [0.3, 0.4) is 0 Å². The molecule has 26 heavy (non-hydrogen) atoms. The Kier molecular flexibility index (Phi) is 3.06. The highest BCUT2D eigenvalue weighted by molar-refractivity contribution is 5.75. The molecule has 0 saturated heterocycles. The van der Waals surface area contributed by atoms with E-state index < -0.39 is 20.1 Å². The van der Waals surface area contributed by atoms with Gasteiger partial charge in [0.2, 0.25) is 5.69 Å². The molecule has 0 spiro atoms. The van der Waals surface area contributed by atoms with Gasteiger partial charge in [0.05, 0.1) is 0 Å². The maximum atomic E-state index is 8.15. The number of rotatable bonds is 4. The van der Waals surface area contributed by atoms with E-state index in [9.17, 15) is 0 Å². The predicted molar refractivity (Wildman–Crippen MR) is 111 cm³/mol. The molecule has 0 saturated carbocycles. The van der Waals surface area contributed by atoms with Crippen LogP contribution in [0.15, 0.2) is 48.7 Å². The zero-order valence-corrected chi connectivity index (χ0v) is 15.8. The van der Waals surface area contributed by atoms with Crippen molar-refractivity contribution in [2.24, 2.45) is 7.05 Å². The van der Waals surface area contributed by atoms with Crippen LogP contribution in [-0.2, 0) is 13.4 Å². The second kappa shape index (κ2) is 7.45. The Balaban J connectivity index is 2.24. The molecule has 1 heterocycles. The molecule has 2 aromatic carbocycles. The predicted octanol–water partition coefficient (Wildman–Crippen LogP) is 6.03. The maximum absolute atomic E-state index is 8.15. The zero-order chi connectivity index (χ0) is 25.6. The van der Waals surface area contributed by atoms with Crippen molar-refractivity contribution in [3.8, 4) is 22.4 Å². The number of aryl methyl sites for hydroxylation is 6. The van der Waals surface area contributed by atoms with Crippen molar-refractivity contribution in [2.75, 3.05) is 0 Å². The Morgan fingerprint density at radius 1 is 0.885 bits per heavy atom. The van der Waals surface area contributed by atoms with E-state index in [2.05, 4.69) is 0 Å². The van der Waals surface area contributed by atoms with Crippen molar-refractivity contribution in [3.05, 3.63) is 76.5 Å². The zero-order valence-electron chi connectivity index (χ0n) is 23.8. The van der Waals surface area contributed by atoms with Crippen LogP contribution in [0.2, 0.25) is 0 Å². The Hall–Kier alpha value is -2.41. The molecular formula is C25H30N+. The maximum Gasteiger partial charge on any atom is 0.212 e. The van der Waals surface area contributed by atoms with E-state index in [-0.39, 0.29) is 11.1 Å². The molecule has 0 amide bonds. The first-order valence-corrected chi connectivity index (χ1v) is 8.83. The van der Waals surface area contributed by atoms with Gasteiger partial charge in [0, 0.05) is 28.2 Å². The summed E-state index contributed by atoms with van der Waals surface area (Å²) in [4.78, 5) is 0. The van der Waals surface area contributed by atoms with Gasteiger partial charge in [0.15, 0.2) is 6.20 Å². The lowest BCUT2D eigenvalue weighted by atomic mass is 9.92. The van der Waals surface area contributed by atoms with Crippen LogP contribution in [0, 0.1) is 27.6 Å². The molecule has 1 aromatic heterocycles. The number of hydrogen-bond donors (Lipinski definition) is 0. The third kappa shape index (κ3) is 3.58. The quantitative estimate of drug-likeness (QED) is 0.505. The van der Waals surface area contributed by atoms with Crippen molar-refractivity contribution >= 4 is 0 Å². The smallest absolute Gasteiger partial charge is 0.201 e. The number of benzene rings is 2. The molecule has 134 valence electrons. The average Bonchev–Trinajstić information content (AvgIpc) is 2.73. The van der Waals surface area contributed by atoms with E-state index in [0.29, 0.717) is 28.7 Å². The van der Waals surface area contributed by atoms with E-state index in [1.165, 1.54) is 0 Å². The molecule has 0 aliphatic rings. The van der Waals surface area contributed by atoms with Crippen LogP contribution >= 0.6 is 0 Å². The van der Waals surface area contributed by atoms with Gasteiger partial charge >= 0.3 is 0 Å². The normalized spacial score (nSPS) is 17.1. The van der Waals surface area contributed by atoms with Gasteiger partial charge < -0.3 is 0 Å². The fraction of sp³-hybridized carbons (Fsp3) is 0.320. The molecule has 1 heteroatoms. The molecule has 0 N–H and O–H groups in total. The van der Waals surface area contributed by atoms with Crippen molar-refractivity contribution in [3.63, 3.8) is 0 Å². The first kappa shape index (κ1) is 10.7. The molecule has 0 aliphatic heterocycles. The minimum absolute atomic E-state index is 0.221. The molecule has 3 rings (SSSR count). The minimum atomic E-state index is -2.33. The van der Waals surface area contributed by atoms with Crippen molar-refractivity contribution in [2.45, 2.75) is 47.3 Å². The minimum Gasteiger partial charge on any atom is -0.201 e. The van der Waals surface area contributed by atoms with Crippen LogP contribution in [0.25, 0.3) is 22.4 Å². The van der Waals surface area contributed by atoms with Gasteiger partial charge in [-0.15, -0.1) is 0 Å². The monoisotopic (exact) mass is 352 g/mol. The Morgan fingerprint density at radius 2 is 1.62 bits per heavy atom. The summed E-state index contributed by atoms with van der Waals surface area (Å²) >= 11 is 0. The highest BCUT2D eigenvalue weighted by atomic mass is 14.9. The van der Waals surface area contributed by atoms with E-state index in [0.717, 1.165) is 16.8 Å². The SMILES string of the molecule is [2H]C([2H])([2H])c1c[n+](C)c(-c2cc(-c3ccc(C([2H])([2H])CC)cc3)c(C([2H])([2H])[2H])cc2C)cc1C. The van der Waals surface area contributed by atoms with Gasteiger partial charge in [-0.1, -0.05) is 43.7 Å². The van der Waals surface area contributed by atoms with Crippen LogP contribution in [0.4, 0.5) is 0 Å². The molecule has 1 nitrogen and oxygen atoms in total. The largest absolute Gasteiger partial charge is 0.212 e. The lowest BCUT2D eigenvalue weighted by molar-refractivity contribution is -0.660. The Labute approximate surface area is 169 Å². The molecule has 0 bridgehead atoms. The van der Waals surface area contributed by atoms with Gasteiger partial charge in [-0.05, 0) is 73.4 Å². The fourth-order valence-electron chi connectivity index (χ4n) is 3.21. The number of pyridine rings is 1. The average molecular weight is 353 g/mol. The van der Waals surface area contributed by atoms with Gasteiger partial charge in [0.25, 0.3) is 0 Å². The summed E-state index contributed by atoms with van der Waals surface area (Å²) in [6.07, 6.45) is 0.485. The number of nitrogens with zero attached hydrogens (tertiary/aromatic N) is 1. The van der Waals surface area contributed by atoms with Crippen LogP contribution in [-0.4, -0.2) is 0 Å². The summed E-state index contributed by atoms with van der Waals surface area (Å²) in [5.41, 5.74) is 5.26. The molecular weight excluding hydrogens is 314 g/mol. The van der Waals surface area contributed by atoms with Gasteiger partial charge in [-0.3, -0.25) is 0 Å². The van der Waals surface area contributed by atoms with Crippen LogP contribution in [0.5, 0.6) is 0 Å². The molecule has 0 fully saturated rings. The summed E-state index contributed by atoms with van der Waals surface area (Å²) in [5, 5.41) is 0. The van der Waals surface area contributed by atoms with Gasteiger partial charge in [-0.25, -0.2) is 4.57 Å². The molecule has 0 atom stereocenters. The summed E-state index contributed by atoms with van der Waals surface area (Å²) < 4.78 is 65.6. The lowest BCUT2D eigenvalue weighted by Gasteiger charge is -2.13. The highest BCUT2D eigenvalue weighted by Gasteiger charge is 2.16. The fourth-order valence-corrected chi connectivity index (χ4v) is 3.21. The molecule has 3 aromatic rings. The van der Waals surface area contributed by atoms with E-state index in [4.69, 9.17) is 11.0 Å². The van der Waals surface area contributed by atoms with E-state index >= 15 is 0 Å². The summed E-state index contributed by atoms with van der Waals surface area (Å²) in [7, 11) is 1.78. The standard InChI is InChI=1S/C25H30N/c1-7-8-21-9-11-22(12-10-21)23-15-24(19(4)13-18(23)3)25-14-17(2)20(5)16-26(25)6/h9-16H,7-8H2,1-6H3/q+1/i3D3,5D3,8D2. The second-order valence-electron chi connectivity index (χ2n) is 6.69. The van der Waals surface area contributed by atoms with Crippen molar-refractivity contribution in [1.29, 1.82) is 0 Å². The van der Waals surface area contributed by atoms with Gasteiger partial charge in [-0.2, -0.15) is 0 Å². The number of hydrogen-bond acceptors (Lipinski definition) is 0. The van der Waals surface area contributed by atoms with E-state index in [1.54, 1.807) is 62.0 Å². The topological polar surface area (TPSA) is 3.88 Å². The highest BCUT2D eigenvalue weighted by Crippen LogP contribution is 2.31. The number of aromatic nitrogens is 1. The van der Waals surface area contributed by atoms with Crippen LogP contribution < -0.4 is 4.57 Å². The van der Waals surface area contributed by atoms with Crippen LogP contribution in [0.1, 0.15) is 52.1 Å². The van der Waals surface area contributed by atoms with E-state index in [1.807, 2.05) is 19.1 Å².